The van der Waals surface area contributed by atoms with Gasteiger partial charge in [-0.3, -0.25) is 9.79 Å². The van der Waals surface area contributed by atoms with E-state index in [1.165, 1.54) is 0 Å². The zero-order chi connectivity index (χ0) is 17.0. The van der Waals surface area contributed by atoms with E-state index in [1.807, 2.05) is 6.92 Å². The van der Waals surface area contributed by atoms with Gasteiger partial charge in [0, 0.05) is 46.8 Å². The number of hydrogen-bond donors (Lipinski definition) is 3. The molecule has 0 spiro atoms. The third-order valence-electron chi connectivity index (χ3n) is 3.32. The van der Waals surface area contributed by atoms with Crippen molar-refractivity contribution in [2.45, 2.75) is 40.0 Å². The monoisotopic (exact) mass is 442 g/mol. The zero-order valence-electron chi connectivity index (χ0n) is 15.3. The molecule has 0 saturated carbocycles. The molecule has 6 nitrogen and oxygen atoms in total. The van der Waals surface area contributed by atoms with E-state index in [2.05, 4.69) is 29.5 Å². The minimum Gasteiger partial charge on any atom is -0.396 e. The second-order valence-corrected chi connectivity index (χ2v) is 6.19. The van der Waals surface area contributed by atoms with Gasteiger partial charge in [-0.15, -0.1) is 24.0 Å². The molecule has 0 radical (unpaired) electrons. The van der Waals surface area contributed by atoms with Gasteiger partial charge >= 0.3 is 0 Å². The van der Waals surface area contributed by atoms with Crippen LogP contribution in [0.4, 0.5) is 0 Å². The number of aliphatic imine (C=N–C) groups is 1. The van der Waals surface area contributed by atoms with Crippen LogP contribution in [0.5, 0.6) is 0 Å². The molecule has 1 atom stereocenters. The quantitative estimate of drug-likeness (QED) is 0.273. The van der Waals surface area contributed by atoms with Gasteiger partial charge in [-0.25, -0.2) is 0 Å². The molecule has 0 bridgehead atoms. The van der Waals surface area contributed by atoms with E-state index in [1.54, 1.807) is 19.0 Å². The summed E-state index contributed by atoms with van der Waals surface area (Å²) < 4.78 is 0. The highest BCUT2D eigenvalue weighted by Gasteiger charge is 2.11. The number of carbonyl (C=O) groups is 1. The molecular weight excluding hydrogens is 407 g/mol. The lowest BCUT2D eigenvalue weighted by Gasteiger charge is -2.18. The van der Waals surface area contributed by atoms with Crippen molar-refractivity contribution >= 4 is 35.8 Å². The van der Waals surface area contributed by atoms with Crippen molar-refractivity contribution in [2.24, 2.45) is 16.8 Å². The average molecular weight is 442 g/mol. The van der Waals surface area contributed by atoms with Crippen LogP contribution in [0.1, 0.15) is 40.0 Å². The summed E-state index contributed by atoms with van der Waals surface area (Å²) in [5.41, 5.74) is 0. The predicted octanol–water partition coefficient (Wildman–Crippen LogP) is 1.68. The maximum Gasteiger partial charge on any atom is 0.223 e. The molecule has 0 heterocycles. The lowest BCUT2D eigenvalue weighted by Crippen LogP contribution is -2.39. The molecule has 0 aliphatic heterocycles. The van der Waals surface area contributed by atoms with Gasteiger partial charge in [-0.2, -0.15) is 0 Å². The van der Waals surface area contributed by atoms with Crippen LogP contribution in [0.15, 0.2) is 4.99 Å². The molecule has 0 aliphatic carbocycles. The average Bonchev–Trinajstić information content (AvgIpc) is 2.43. The van der Waals surface area contributed by atoms with Crippen LogP contribution in [0.25, 0.3) is 0 Å². The summed E-state index contributed by atoms with van der Waals surface area (Å²) in [6.45, 7) is 8.63. The number of carbonyl (C=O) groups excluding carboxylic acids is 1. The van der Waals surface area contributed by atoms with Crippen molar-refractivity contribution in [3.63, 3.8) is 0 Å². The van der Waals surface area contributed by atoms with Gasteiger partial charge in [-0.05, 0) is 31.6 Å². The standard InChI is InChI=1S/C16H34N4O2.HI/c1-6-17-16(18-9-7-15(22)20(4)5)19-12-14(8-10-21)11-13(2)3;/h13-14,21H,6-12H2,1-5H3,(H2,17,18,19);1H. The molecule has 23 heavy (non-hydrogen) atoms. The minimum absolute atomic E-state index is 0. The highest BCUT2D eigenvalue weighted by molar-refractivity contribution is 14.0. The number of rotatable bonds is 10. The molecule has 0 aromatic carbocycles. The van der Waals surface area contributed by atoms with Crippen LogP contribution in [-0.2, 0) is 4.79 Å². The minimum atomic E-state index is 0. The highest BCUT2D eigenvalue weighted by atomic mass is 127. The SMILES string of the molecule is CCNC(=NCC(CCO)CC(C)C)NCCC(=O)N(C)C.I. The van der Waals surface area contributed by atoms with E-state index in [0.717, 1.165) is 25.3 Å². The van der Waals surface area contributed by atoms with Gasteiger partial charge in [0.1, 0.15) is 0 Å². The van der Waals surface area contributed by atoms with Gasteiger partial charge < -0.3 is 20.6 Å². The first kappa shape index (κ1) is 24.7. The lowest BCUT2D eigenvalue weighted by atomic mass is 9.94. The maximum absolute atomic E-state index is 11.6. The van der Waals surface area contributed by atoms with E-state index in [9.17, 15) is 4.79 Å². The predicted molar refractivity (Wildman–Crippen MR) is 107 cm³/mol. The summed E-state index contributed by atoms with van der Waals surface area (Å²) in [6.07, 6.45) is 2.28. The molecule has 7 heteroatoms. The molecular formula is C16H35IN4O2. The fraction of sp³-hybridized carbons (Fsp3) is 0.875. The maximum atomic E-state index is 11.6. The molecule has 3 N–H and O–H groups in total. The summed E-state index contributed by atoms with van der Waals surface area (Å²) >= 11 is 0. The molecule has 1 unspecified atom stereocenters. The molecule has 0 fully saturated rings. The Kier molecular flexibility index (Phi) is 16.1. The van der Waals surface area contributed by atoms with Crippen LogP contribution >= 0.6 is 24.0 Å². The van der Waals surface area contributed by atoms with Crippen LogP contribution in [-0.4, -0.2) is 62.2 Å². The van der Waals surface area contributed by atoms with Gasteiger partial charge in [0.05, 0.1) is 0 Å². The van der Waals surface area contributed by atoms with E-state index in [-0.39, 0.29) is 36.5 Å². The van der Waals surface area contributed by atoms with E-state index in [0.29, 0.717) is 31.3 Å². The lowest BCUT2D eigenvalue weighted by molar-refractivity contribution is -0.128. The second-order valence-electron chi connectivity index (χ2n) is 6.19. The van der Waals surface area contributed by atoms with E-state index < -0.39 is 0 Å². The first-order chi connectivity index (χ1) is 10.4. The zero-order valence-corrected chi connectivity index (χ0v) is 17.6. The van der Waals surface area contributed by atoms with Crippen LogP contribution < -0.4 is 10.6 Å². The molecule has 0 saturated heterocycles. The Labute approximate surface area is 158 Å². The summed E-state index contributed by atoms with van der Waals surface area (Å²) in [7, 11) is 3.51. The number of amides is 1. The highest BCUT2D eigenvalue weighted by Crippen LogP contribution is 2.15. The number of aliphatic hydroxyl groups excluding tert-OH is 1. The number of aliphatic hydroxyl groups is 1. The van der Waals surface area contributed by atoms with E-state index >= 15 is 0 Å². The molecule has 0 aromatic rings. The first-order valence-corrected chi connectivity index (χ1v) is 8.23. The number of hydrogen-bond acceptors (Lipinski definition) is 3. The fourth-order valence-electron chi connectivity index (χ4n) is 2.21. The Morgan fingerprint density at radius 3 is 2.39 bits per heavy atom. The van der Waals surface area contributed by atoms with Crippen molar-refractivity contribution in [3.8, 4) is 0 Å². The Hall–Kier alpha value is -0.570. The molecule has 138 valence electrons. The largest absolute Gasteiger partial charge is 0.396 e. The van der Waals surface area contributed by atoms with Crippen molar-refractivity contribution in [1.29, 1.82) is 0 Å². The van der Waals surface area contributed by atoms with Crippen molar-refractivity contribution in [1.82, 2.24) is 15.5 Å². The smallest absolute Gasteiger partial charge is 0.223 e. The summed E-state index contributed by atoms with van der Waals surface area (Å²) in [6, 6.07) is 0. The van der Waals surface area contributed by atoms with Gasteiger partial charge in [0.25, 0.3) is 0 Å². The molecule has 0 aliphatic rings. The second kappa shape index (κ2) is 15.0. The molecule has 0 aromatic heterocycles. The summed E-state index contributed by atoms with van der Waals surface area (Å²) in [4.78, 5) is 17.7. The fourth-order valence-corrected chi connectivity index (χ4v) is 2.21. The molecule has 0 rings (SSSR count). The Morgan fingerprint density at radius 1 is 1.26 bits per heavy atom. The number of nitrogens with one attached hydrogen (secondary N) is 2. The van der Waals surface area contributed by atoms with Crippen LogP contribution in [0, 0.1) is 11.8 Å². The first-order valence-electron chi connectivity index (χ1n) is 8.23. The topological polar surface area (TPSA) is 77.0 Å². The third kappa shape index (κ3) is 13.6. The number of halogens is 1. The summed E-state index contributed by atoms with van der Waals surface area (Å²) in [5.74, 6) is 1.82. The van der Waals surface area contributed by atoms with Crippen LogP contribution in [0.2, 0.25) is 0 Å². The third-order valence-corrected chi connectivity index (χ3v) is 3.32. The Morgan fingerprint density at radius 2 is 1.91 bits per heavy atom. The Balaban J connectivity index is 0. The number of nitrogens with zero attached hydrogens (tertiary/aromatic N) is 2. The van der Waals surface area contributed by atoms with Crippen LogP contribution in [0.3, 0.4) is 0 Å². The number of guanidine groups is 1. The van der Waals surface area contributed by atoms with Gasteiger partial charge in [-0.1, -0.05) is 13.8 Å². The van der Waals surface area contributed by atoms with Gasteiger partial charge in [0.2, 0.25) is 5.91 Å². The van der Waals surface area contributed by atoms with Crippen molar-refractivity contribution in [2.75, 3.05) is 40.3 Å². The summed E-state index contributed by atoms with van der Waals surface area (Å²) in [5, 5.41) is 15.5. The van der Waals surface area contributed by atoms with Crippen molar-refractivity contribution < 1.29 is 9.90 Å². The van der Waals surface area contributed by atoms with Gasteiger partial charge in [0.15, 0.2) is 5.96 Å². The normalized spacial score (nSPS) is 12.6. The van der Waals surface area contributed by atoms with Crippen molar-refractivity contribution in [3.05, 3.63) is 0 Å². The molecule has 1 amide bonds. The van der Waals surface area contributed by atoms with E-state index in [4.69, 9.17) is 5.11 Å². The Bertz CT molecular complexity index is 336.